The summed E-state index contributed by atoms with van der Waals surface area (Å²) >= 11 is 0. The van der Waals surface area contributed by atoms with Gasteiger partial charge < -0.3 is 10.1 Å². The number of halogens is 2. The number of anilines is 2. The lowest BCUT2D eigenvalue weighted by Crippen LogP contribution is -2.43. The molecule has 3 aromatic carbocycles. The summed E-state index contributed by atoms with van der Waals surface area (Å²) < 4.78 is 32.7. The number of methoxy groups -OCH3 is 1. The Kier molecular flexibility index (Phi) is 4.24. The second-order valence-corrected chi connectivity index (χ2v) is 6.11. The molecule has 1 heterocycles. The van der Waals surface area contributed by atoms with Crippen molar-refractivity contribution in [2.24, 2.45) is 0 Å². The van der Waals surface area contributed by atoms with Gasteiger partial charge in [-0.05, 0) is 42.0 Å². The second-order valence-electron chi connectivity index (χ2n) is 6.11. The number of fused-ring (bicyclic) bond motifs is 1. The number of carbonyl (C=O) groups is 1. The Morgan fingerprint density at radius 1 is 0.963 bits per heavy atom. The molecule has 0 bridgehead atoms. The van der Waals surface area contributed by atoms with Gasteiger partial charge in [0.2, 0.25) is 0 Å². The first kappa shape index (κ1) is 17.0. The molecule has 0 aromatic heterocycles. The first-order valence-electron chi connectivity index (χ1n) is 8.37. The van der Waals surface area contributed by atoms with Crippen molar-refractivity contribution in [3.63, 3.8) is 0 Å². The zero-order chi connectivity index (χ0) is 19.0. The molecular weight excluding hydrogens is 350 g/mol. The maximum Gasteiger partial charge on any atom is 0.262 e. The van der Waals surface area contributed by atoms with E-state index in [1.54, 1.807) is 48.5 Å². The van der Waals surface area contributed by atoms with Gasteiger partial charge in [0.1, 0.15) is 11.9 Å². The highest BCUT2D eigenvalue weighted by Crippen LogP contribution is 2.40. The molecule has 3 aromatic rings. The molecule has 6 heteroatoms. The highest BCUT2D eigenvalue weighted by Gasteiger charge is 2.35. The lowest BCUT2D eigenvalue weighted by atomic mass is 10.0. The van der Waals surface area contributed by atoms with E-state index in [1.165, 1.54) is 18.1 Å². The van der Waals surface area contributed by atoms with Crippen LogP contribution in [0, 0.1) is 11.6 Å². The van der Waals surface area contributed by atoms with Gasteiger partial charge in [0.25, 0.3) is 5.91 Å². The number of nitrogens with zero attached hydrogens (tertiary/aromatic N) is 1. The molecule has 4 rings (SSSR count). The first-order chi connectivity index (χ1) is 13.1. The summed E-state index contributed by atoms with van der Waals surface area (Å²) in [4.78, 5) is 14.8. The third-order valence-electron chi connectivity index (χ3n) is 4.53. The van der Waals surface area contributed by atoms with Crippen molar-refractivity contribution < 1.29 is 18.3 Å². The third kappa shape index (κ3) is 2.89. The van der Waals surface area contributed by atoms with Gasteiger partial charge in [-0.2, -0.15) is 0 Å². The van der Waals surface area contributed by atoms with Crippen molar-refractivity contribution in [1.29, 1.82) is 0 Å². The number of amides is 1. The van der Waals surface area contributed by atoms with E-state index in [1.807, 2.05) is 0 Å². The summed E-state index contributed by atoms with van der Waals surface area (Å²) in [6, 6.07) is 17.8. The van der Waals surface area contributed by atoms with E-state index in [9.17, 15) is 13.6 Å². The standard InChI is InChI=1S/C21H16F2N2O2/c1-27-19-9-5-4-8-18(19)25-20(13-10-11-15(22)16(23)12-13)24-17-7-3-2-6-14(17)21(25)26/h2-12,20,24H,1H3/t20-/m0/s1. The molecule has 0 aliphatic carbocycles. The Balaban J connectivity index is 1.90. The van der Waals surface area contributed by atoms with Crippen LogP contribution < -0.4 is 15.0 Å². The number of benzene rings is 3. The smallest absolute Gasteiger partial charge is 0.262 e. The summed E-state index contributed by atoms with van der Waals surface area (Å²) in [5.74, 6) is -1.67. The number of rotatable bonds is 3. The fourth-order valence-corrected chi connectivity index (χ4v) is 3.25. The van der Waals surface area contributed by atoms with Crippen LogP contribution in [0.15, 0.2) is 66.7 Å². The van der Waals surface area contributed by atoms with Crippen molar-refractivity contribution >= 4 is 17.3 Å². The maximum atomic E-state index is 13.9. The quantitative estimate of drug-likeness (QED) is 0.728. The van der Waals surface area contributed by atoms with Crippen molar-refractivity contribution in [2.75, 3.05) is 17.3 Å². The molecule has 0 saturated carbocycles. The maximum absolute atomic E-state index is 13.9. The zero-order valence-electron chi connectivity index (χ0n) is 14.4. The van der Waals surface area contributed by atoms with Crippen LogP contribution in [0.3, 0.4) is 0 Å². The average Bonchev–Trinajstić information content (AvgIpc) is 2.70. The Morgan fingerprint density at radius 3 is 2.48 bits per heavy atom. The highest BCUT2D eigenvalue weighted by molar-refractivity contribution is 6.12. The van der Waals surface area contributed by atoms with Crippen LogP contribution >= 0.6 is 0 Å². The Morgan fingerprint density at radius 2 is 1.70 bits per heavy atom. The minimum Gasteiger partial charge on any atom is -0.495 e. The topological polar surface area (TPSA) is 41.6 Å². The lowest BCUT2D eigenvalue weighted by Gasteiger charge is -2.38. The largest absolute Gasteiger partial charge is 0.495 e. The SMILES string of the molecule is COc1ccccc1N1C(=O)c2ccccc2N[C@@H]1c1ccc(F)c(F)c1. The molecule has 1 amide bonds. The van der Waals surface area contributed by atoms with E-state index < -0.39 is 17.8 Å². The zero-order valence-corrected chi connectivity index (χ0v) is 14.4. The van der Waals surface area contributed by atoms with Crippen molar-refractivity contribution in [2.45, 2.75) is 6.17 Å². The number of para-hydroxylation sites is 3. The van der Waals surface area contributed by atoms with Crippen LogP contribution in [0.4, 0.5) is 20.2 Å². The van der Waals surface area contributed by atoms with E-state index >= 15 is 0 Å². The summed E-state index contributed by atoms with van der Waals surface area (Å²) in [5, 5.41) is 3.25. The van der Waals surface area contributed by atoms with Crippen LogP contribution in [0.2, 0.25) is 0 Å². The first-order valence-corrected chi connectivity index (χ1v) is 8.37. The predicted molar refractivity (Wildman–Crippen MR) is 99.0 cm³/mol. The number of hydrogen-bond acceptors (Lipinski definition) is 3. The Hall–Kier alpha value is -3.41. The lowest BCUT2D eigenvalue weighted by molar-refractivity contribution is 0.0974. The second kappa shape index (κ2) is 6.72. The molecule has 0 radical (unpaired) electrons. The monoisotopic (exact) mass is 366 g/mol. The molecule has 27 heavy (non-hydrogen) atoms. The van der Waals surface area contributed by atoms with E-state index in [4.69, 9.17) is 4.74 Å². The van der Waals surface area contributed by atoms with Gasteiger partial charge in [0.15, 0.2) is 11.6 Å². The van der Waals surface area contributed by atoms with Gasteiger partial charge >= 0.3 is 0 Å². The summed E-state index contributed by atoms with van der Waals surface area (Å²) in [6.45, 7) is 0. The van der Waals surface area contributed by atoms with Gasteiger partial charge in [-0.25, -0.2) is 8.78 Å². The predicted octanol–water partition coefficient (Wildman–Crippen LogP) is 4.74. The number of carbonyl (C=O) groups excluding carboxylic acids is 1. The molecule has 1 aliphatic heterocycles. The molecule has 0 fully saturated rings. The van der Waals surface area contributed by atoms with Crippen LogP contribution in [-0.4, -0.2) is 13.0 Å². The van der Waals surface area contributed by atoms with Gasteiger partial charge in [-0.1, -0.05) is 30.3 Å². The van der Waals surface area contributed by atoms with Crippen molar-refractivity contribution in [1.82, 2.24) is 0 Å². The van der Waals surface area contributed by atoms with Crippen LogP contribution in [0.5, 0.6) is 5.75 Å². The summed E-state index contributed by atoms with van der Waals surface area (Å²) in [7, 11) is 1.52. The van der Waals surface area contributed by atoms with Crippen LogP contribution in [0.25, 0.3) is 0 Å². The number of nitrogens with one attached hydrogen (secondary N) is 1. The molecule has 4 nitrogen and oxygen atoms in total. The van der Waals surface area contributed by atoms with E-state index in [2.05, 4.69) is 5.32 Å². The average molecular weight is 366 g/mol. The van der Waals surface area contributed by atoms with Crippen LogP contribution in [0.1, 0.15) is 22.1 Å². The van der Waals surface area contributed by atoms with Crippen molar-refractivity contribution in [3.05, 3.63) is 89.5 Å². The molecule has 0 saturated heterocycles. The van der Waals surface area contributed by atoms with Crippen LogP contribution in [-0.2, 0) is 0 Å². The molecule has 136 valence electrons. The molecule has 0 unspecified atom stereocenters. The Labute approximate surface area is 155 Å². The normalized spacial score (nSPS) is 15.9. The Bertz CT molecular complexity index is 1020. The van der Waals surface area contributed by atoms with Gasteiger partial charge in [0, 0.05) is 5.69 Å². The number of ether oxygens (including phenoxy) is 1. The molecule has 0 spiro atoms. The third-order valence-corrected chi connectivity index (χ3v) is 4.53. The number of hydrogen-bond donors (Lipinski definition) is 1. The summed E-state index contributed by atoms with van der Waals surface area (Å²) in [6.07, 6.45) is -0.723. The van der Waals surface area contributed by atoms with Crippen molar-refractivity contribution in [3.8, 4) is 5.75 Å². The highest BCUT2D eigenvalue weighted by atomic mass is 19.2. The molecule has 1 atom stereocenters. The van der Waals surface area contributed by atoms with Gasteiger partial charge in [-0.3, -0.25) is 9.69 Å². The van der Waals surface area contributed by atoms with E-state index in [0.717, 1.165) is 12.1 Å². The molecular formula is C21H16F2N2O2. The fourth-order valence-electron chi connectivity index (χ4n) is 3.25. The van der Waals surface area contributed by atoms with Gasteiger partial charge in [-0.15, -0.1) is 0 Å². The van der Waals surface area contributed by atoms with E-state index in [0.29, 0.717) is 28.3 Å². The fraction of sp³-hybridized carbons (Fsp3) is 0.0952. The molecule has 1 N–H and O–H groups in total. The molecule has 1 aliphatic rings. The minimum atomic E-state index is -0.972. The van der Waals surface area contributed by atoms with Gasteiger partial charge in [0.05, 0.1) is 18.4 Å². The van der Waals surface area contributed by atoms with E-state index in [-0.39, 0.29) is 5.91 Å². The minimum absolute atomic E-state index is 0.261. The summed E-state index contributed by atoms with van der Waals surface area (Å²) in [5.41, 5.74) is 2.06.